The summed E-state index contributed by atoms with van der Waals surface area (Å²) in [6, 6.07) is 13.1. The van der Waals surface area contributed by atoms with Crippen LogP contribution in [-0.4, -0.2) is 54.2 Å². The van der Waals surface area contributed by atoms with Gasteiger partial charge in [-0.2, -0.15) is 0 Å². The molecule has 4 rings (SSSR count). The molecule has 1 atom stereocenters. The zero-order valence-electron chi connectivity index (χ0n) is 22.5. The van der Waals surface area contributed by atoms with Gasteiger partial charge in [0.05, 0.1) is 18.8 Å². The van der Waals surface area contributed by atoms with E-state index >= 15 is 0 Å². The van der Waals surface area contributed by atoms with Crippen molar-refractivity contribution in [2.75, 3.05) is 33.3 Å². The number of amides is 1. The average molecular weight is 458 g/mol. The van der Waals surface area contributed by atoms with Crippen molar-refractivity contribution < 1.29 is 9.53 Å². The molecule has 1 saturated heterocycles. The van der Waals surface area contributed by atoms with Crippen molar-refractivity contribution in [3.63, 3.8) is 0 Å². The van der Waals surface area contributed by atoms with Crippen molar-refractivity contribution in [3.8, 4) is 0 Å². The molecule has 1 aliphatic carbocycles. The Morgan fingerprint density at radius 3 is 1.97 bits per heavy atom. The molecule has 0 radical (unpaired) electrons. The molecule has 33 heavy (non-hydrogen) atoms. The van der Waals surface area contributed by atoms with Crippen molar-refractivity contribution in [1.82, 2.24) is 14.8 Å². The first kappa shape index (κ1) is 30.6. The summed E-state index contributed by atoms with van der Waals surface area (Å²) >= 11 is 0. The number of carbonyl (C=O) groups is 1. The Kier molecular flexibility index (Phi) is 16.8. The molecule has 2 aliphatic rings. The van der Waals surface area contributed by atoms with Gasteiger partial charge in [0, 0.05) is 32.4 Å². The topological polar surface area (TPSA) is 45.7 Å². The minimum absolute atomic E-state index is 0.162. The molecule has 5 nitrogen and oxygen atoms in total. The number of nitrogens with zero attached hydrogens (tertiary/aromatic N) is 3. The highest BCUT2D eigenvalue weighted by atomic mass is 16.5. The van der Waals surface area contributed by atoms with Crippen LogP contribution in [-0.2, 0) is 17.6 Å². The first-order valence-electron chi connectivity index (χ1n) is 12.9. The van der Waals surface area contributed by atoms with Gasteiger partial charge in [0.2, 0.25) is 0 Å². The molecule has 0 N–H and O–H groups in total. The number of rotatable bonds is 1. The van der Waals surface area contributed by atoms with E-state index in [2.05, 4.69) is 35.2 Å². The predicted octanol–water partition coefficient (Wildman–Crippen LogP) is 6.76. The van der Waals surface area contributed by atoms with Crippen molar-refractivity contribution in [2.45, 2.75) is 74.3 Å². The highest BCUT2D eigenvalue weighted by Crippen LogP contribution is 2.35. The smallest absolute Gasteiger partial charge is 0.409 e. The Morgan fingerprint density at radius 1 is 0.818 bits per heavy atom. The lowest BCUT2D eigenvalue weighted by Gasteiger charge is -2.39. The largest absolute Gasteiger partial charge is 0.453 e. The number of aryl methyl sites for hydroxylation is 2. The van der Waals surface area contributed by atoms with E-state index in [0.717, 1.165) is 25.9 Å². The van der Waals surface area contributed by atoms with E-state index in [1.54, 1.807) is 4.90 Å². The number of benzene rings is 1. The van der Waals surface area contributed by atoms with E-state index < -0.39 is 0 Å². The lowest BCUT2D eigenvalue weighted by molar-refractivity contribution is 0.0805. The maximum atomic E-state index is 11.8. The third kappa shape index (κ3) is 8.15. The maximum Gasteiger partial charge on any atom is 0.409 e. The predicted molar refractivity (Wildman–Crippen MR) is 141 cm³/mol. The van der Waals surface area contributed by atoms with Gasteiger partial charge in [-0.25, -0.2) is 4.79 Å². The highest BCUT2D eigenvalue weighted by Gasteiger charge is 2.32. The fourth-order valence-corrected chi connectivity index (χ4v) is 4.02. The standard InChI is InChI=1S/C20H23N3O2.4C2H6/c1-25-20(24)23-13-11-22(12-14-23)19-17-7-3-2-5-15(17)8-9-16-6-4-10-21-18(16)19;4*1-2/h2-7,10,19H,8-9,11-14H2,1H3;4*1-2H3. The fourth-order valence-electron chi connectivity index (χ4n) is 4.02. The second-order valence-corrected chi connectivity index (χ2v) is 6.64. The molecule has 1 aromatic heterocycles. The number of methoxy groups -OCH3 is 1. The molecule has 0 bridgehead atoms. The normalized spacial score (nSPS) is 16.2. The molecular formula is C28H47N3O2. The van der Waals surface area contributed by atoms with E-state index in [1.807, 2.05) is 67.7 Å². The van der Waals surface area contributed by atoms with E-state index in [4.69, 9.17) is 9.72 Å². The lowest BCUT2D eigenvalue weighted by Crippen LogP contribution is -2.50. The Morgan fingerprint density at radius 2 is 1.36 bits per heavy atom. The SMILES string of the molecule is CC.CC.CC.CC.COC(=O)N1CCN(C2c3ccccc3CCc3cccnc32)CC1. The molecule has 186 valence electrons. The van der Waals surface area contributed by atoms with E-state index in [-0.39, 0.29) is 12.1 Å². The molecule has 1 aliphatic heterocycles. The monoisotopic (exact) mass is 457 g/mol. The molecule has 1 amide bonds. The van der Waals surface area contributed by atoms with Gasteiger partial charge < -0.3 is 9.64 Å². The molecule has 2 aromatic rings. The third-order valence-electron chi connectivity index (χ3n) is 5.31. The molecular weight excluding hydrogens is 410 g/mol. The molecule has 1 fully saturated rings. The minimum atomic E-state index is -0.237. The van der Waals surface area contributed by atoms with Crippen molar-refractivity contribution in [1.29, 1.82) is 0 Å². The van der Waals surface area contributed by atoms with Crippen LogP contribution in [0.4, 0.5) is 4.79 Å². The molecule has 1 unspecified atom stereocenters. The Hall–Kier alpha value is -2.40. The third-order valence-corrected chi connectivity index (χ3v) is 5.31. The zero-order valence-corrected chi connectivity index (χ0v) is 22.5. The summed E-state index contributed by atoms with van der Waals surface area (Å²) in [5, 5.41) is 0. The Bertz CT molecular complexity index is 724. The van der Waals surface area contributed by atoms with Crippen LogP contribution < -0.4 is 0 Å². The number of ether oxygens (including phenoxy) is 1. The van der Waals surface area contributed by atoms with Crippen LogP contribution in [0.5, 0.6) is 0 Å². The van der Waals surface area contributed by atoms with E-state index in [0.29, 0.717) is 13.1 Å². The summed E-state index contributed by atoms with van der Waals surface area (Å²) in [6.45, 7) is 19.0. The number of piperazine rings is 1. The van der Waals surface area contributed by atoms with Crippen molar-refractivity contribution >= 4 is 6.09 Å². The minimum Gasteiger partial charge on any atom is -0.453 e. The second kappa shape index (κ2) is 18.1. The average Bonchev–Trinajstić information content (AvgIpc) is 3.10. The van der Waals surface area contributed by atoms with Crippen LogP contribution in [0.1, 0.15) is 83.8 Å². The zero-order chi connectivity index (χ0) is 25.2. The summed E-state index contributed by atoms with van der Waals surface area (Å²) in [4.78, 5) is 20.8. The van der Waals surface area contributed by atoms with Crippen LogP contribution >= 0.6 is 0 Å². The molecule has 5 heteroatoms. The van der Waals surface area contributed by atoms with Crippen LogP contribution in [0.2, 0.25) is 0 Å². The maximum absolute atomic E-state index is 11.8. The molecule has 0 spiro atoms. The number of hydrogen-bond donors (Lipinski definition) is 0. The van der Waals surface area contributed by atoms with Crippen LogP contribution in [0, 0.1) is 0 Å². The first-order valence-corrected chi connectivity index (χ1v) is 12.9. The van der Waals surface area contributed by atoms with E-state index in [9.17, 15) is 4.79 Å². The second-order valence-electron chi connectivity index (χ2n) is 6.64. The van der Waals surface area contributed by atoms with Gasteiger partial charge in [-0.05, 0) is 35.6 Å². The van der Waals surface area contributed by atoms with Gasteiger partial charge in [0.25, 0.3) is 0 Å². The number of aromatic nitrogens is 1. The molecule has 2 heterocycles. The summed E-state index contributed by atoms with van der Waals surface area (Å²) in [5.74, 6) is 0. The summed E-state index contributed by atoms with van der Waals surface area (Å²) in [6.07, 6.45) is 3.73. The molecule has 0 saturated carbocycles. The van der Waals surface area contributed by atoms with E-state index in [1.165, 1.54) is 29.5 Å². The van der Waals surface area contributed by atoms with Gasteiger partial charge in [-0.3, -0.25) is 9.88 Å². The highest BCUT2D eigenvalue weighted by molar-refractivity contribution is 5.67. The molecule has 1 aromatic carbocycles. The van der Waals surface area contributed by atoms with Gasteiger partial charge in [0.1, 0.15) is 0 Å². The lowest BCUT2D eigenvalue weighted by atomic mass is 9.96. The number of pyridine rings is 1. The quantitative estimate of drug-likeness (QED) is 0.475. The summed E-state index contributed by atoms with van der Waals surface area (Å²) < 4.78 is 4.86. The van der Waals surface area contributed by atoms with Crippen LogP contribution in [0.15, 0.2) is 42.6 Å². The number of carbonyl (C=O) groups excluding carboxylic acids is 1. The van der Waals surface area contributed by atoms with Crippen LogP contribution in [0.3, 0.4) is 0 Å². The van der Waals surface area contributed by atoms with Crippen molar-refractivity contribution in [2.24, 2.45) is 0 Å². The van der Waals surface area contributed by atoms with Crippen molar-refractivity contribution in [3.05, 3.63) is 65.0 Å². The van der Waals surface area contributed by atoms with Gasteiger partial charge in [-0.1, -0.05) is 85.7 Å². The number of fused-ring (bicyclic) bond motifs is 2. The van der Waals surface area contributed by atoms with Crippen LogP contribution in [0.25, 0.3) is 0 Å². The first-order chi connectivity index (χ1) is 16.3. The summed E-state index contributed by atoms with van der Waals surface area (Å²) in [7, 11) is 1.44. The fraction of sp³-hybridized carbons (Fsp3) is 0.571. The van der Waals surface area contributed by atoms with Gasteiger partial charge >= 0.3 is 6.09 Å². The van der Waals surface area contributed by atoms with Gasteiger partial charge in [-0.15, -0.1) is 0 Å². The summed E-state index contributed by atoms with van der Waals surface area (Å²) in [5.41, 5.74) is 5.26. The Balaban J connectivity index is 0.00000116. The van der Waals surface area contributed by atoms with Gasteiger partial charge in [0.15, 0.2) is 0 Å². The number of hydrogen-bond acceptors (Lipinski definition) is 4. The Labute approximate surface area is 203 Å².